The smallest absolute Gasteiger partial charge is 0.337 e. The Hall–Kier alpha value is -2.99. The molecule has 4 rings (SSSR count). The van der Waals surface area contributed by atoms with Crippen molar-refractivity contribution in [3.8, 4) is 5.75 Å². The monoisotopic (exact) mass is 399 g/mol. The second-order valence-corrected chi connectivity index (χ2v) is 6.90. The average molecular weight is 400 g/mol. The Labute approximate surface area is 166 Å². The molecule has 0 saturated carbocycles. The highest BCUT2D eigenvalue weighted by Gasteiger charge is 2.25. The van der Waals surface area contributed by atoms with Crippen LogP contribution in [-0.4, -0.2) is 19.8 Å². The van der Waals surface area contributed by atoms with Gasteiger partial charge in [-0.3, -0.25) is 0 Å². The fourth-order valence-electron chi connectivity index (χ4n) is 3.44. The highest BCUT2D eigenvalue weighted by Crippen LogP contribution is 2.40. The number of carbonyl (C=O) groups excluding carboxylic acids is 1. The summed E-state index contributed by atoms with van der Waals surface area (Å²) in [7, 11) is 1.35. The van der Waals surface area contributed by atoms with Crippen molar-refractivity contribution in [2.45, 2.75) is 19.9 Å². The number of halogens is 1. The van der Waals surface area contributed by atoms with Gasteiger partial charge < -0.3 is 18.8 Å². The van der Waals surface area contributed by atoms with Gasteiger partial charge in [-0.05, 0) is 42.3 Å². The van der Waals surface area contributed by atoms with Crippen molar-refractivity contribution in [2.75, 3.05) is 18.7 Å². The number of nitrogens with zero attached hydrogens (tertiary/aromatic N) is 1. The van der Waals surface area contributed by atoms with Crippen molar-refractivity contribution < 1.29 is 18.7 Å². The summed E-state index contributed by atoms with van der Waals surface area (Å²) in [4.78, 5) is 25.6. The van der Waals surface area contributed by atoms with Gasteiger partial charge in [0.15, 0.2) is 6.73 Å². The van der Waals surface area contributed by atoms with E-state index in [1.54, 1.807) is 18.2 Å². The van der Waals surface area contributed by atoms with Crippen molar-refractivity contribution in [2.24, 2.45) is 0 Å². The van der Waals surface area contributed by atoms with Gasteiger partial charge in [-0.15, -0.1) is 0 Å². The Balaban J connectivity index is 1.77. The van der Waals surface area contributed by atoms with Crippen LogP contribution in [0.15, 0.2) is 45.6 Å². The molecule has 6 nitrogen and oxygen atoms in total. The zero-order valence-corrected chi connectivity index (χ0v) is 16.2. The minimum Gasteiger partial charge on any atom is -0.471 e. The molecule has 0 fully saturated rings. The molecule has 0 atom stereocenters. The van der Waals surface area contributed by atoms with Crippen molar-refractivity contribution >= 4 is 34.2 Å². The molecule has 0 saturated heterocycles. The lowest BCUT2D eigenvalue weighted by Gasteiger charge is -2.31. The number of carbonyl (C=O) groups is 1. The average Bonchev–Trinajstić information content (AvgIpc) is 2.73. The standard InChI is InChI=1S/C21H18ClNO5/c1-3-12-8-18(24)28-19-15(12)9-17(22)20-16(19)10-23(11-27-20)14-6-4-13(5-7-14)21(25)26-2/h4-9H,3,10-11H2,1-2H3. The van der Waals surface area contributed by atoms with Gasteiger partial charge >= 0.3 is 11.6 Å². The molecule has 2 heterocycles. The molecule has 1 aliphatic heterocycles. The molecule has 2 aromatic carbocycles. The molecule has 0 aliphatic carbocycles. The first kappa shape index (κ1) is 18.4. The van der Waals surface area contributed by atoms with E-state index in [9.17, 15) is 9.59 Å². The Morgan fingerprint density at radius 1 is 1.25 bits per heavy atom. The Morgan fingerprint density at radius 3 is 2.68 bits per heavy atom. The Kier molecular flexibility index (Phi) is 4.73. The first-order valence-corrected chi connectivity index (χ1v) is 9.23. The molecule has 1 aliphatic rings. The van der Waals surface area contributed by atoms with Crippen LogP contribution in [0.5, 0.6) is 5.75 Å². The molecule has 28 heavy (non-hydrogen) atoms. The molecule has 0 amide bonds. The Morgan fingerprint density at radius 2 is 2.00 bits per heavy atom. The summed E-state index contributed by atoms with van der Waals surface area (Å²) in [6, 6.07) is 10.3. The number of benzene rings is 2. The van der Waals surface area contributed by atoms with E-state index in [0.29, 0.717) is 34.9 Å². The number of anilines is 1. The second kappa shape index (κ2) is 7.20. The highest BCUT2D eigenvalue weighted by atomic mass is 35.5. The zero-order valence-electron chi connectivity index (χ0n) is 15.5. The van der Waals surface area contributed by atoms with E-state index in [0.717, 1.165) is 22.2 Å². The van der Waals surface area contributed by atoms with Crippen molar-refractivity contribution in [3.63, 3.8) is 0 Å². The van der Waals surface area contributed by atoms with Gasteiger partial charge in [0.25, 0.3) is 0 Å². The van der Waals surface area contributed by atoms with Crippen LogP contribution in [0.25, 0.3) is 11.0 Å². The molecule has 0 bridgehead atoms. The van der Waals surface area contributed by atoms with Gasteiger partial charge in [0, 0.05) is 17.1 Å². The van der Waals surface area contributed by atoms with E-state index in [1.807, 2.05) is 24.0 Å². The lowest BCUT2D eigenvalue weighted by molar-refractivity contribution is 0.0601. The maximum absolute atomic E-state index is 12.0. The van der Waals surface area contributed by atoms with Gasteiger partial charge in [0.05, 0.1) is 29.8 Å². The summed E-state index contributed by atoms with van der Waals surface area (Å²) in [5, 5.41) is 1.31. The molecule has 0 spiro atoms. The minimum absolute atomic E-state index is 0.285. The number of aryl methyl sites for hydroxylation is 1. The summed E-state index contributed by atoms with van der Waals surface area (Å²) < 4.78 is 16.1. The number of hydrogen-bond donors (Lipinski definition) is 0. The predicted octanol–water partition coefficient (Wildman–Crippen LogP) is 4.15. The normalized spacial score (nSPS) is 13.2. The predicted molar refractivity (Wildman–Crippen MR) is 106 cm³/mol. The van der Waals surface area contributed by atoms with E-state index in [1.165, 1.54) is 13.2 Å². The molecule has 0 N–H and O–H groups in total. The van der Waals surface area contributed by atoms with Crippen LogP contribution in [-0.2, 0) is 17.7 Å². The SMILES string of the molecule is CCc1cc(=O)oc2c3c(c(Cl)cc12)OCN(c1ccc(C(=O)OC)cc1)C3. The molecule has 0 radical (unpaired) electrons. The summed E-state index contributed by atoms with van der Waals surface area (Å²) >= 11 is 6.44. The van der Waals surface area contributed by atoms with E-state index in [4.69, 9.17) is 25.5 Å². The third-order valence-electron chi connectivity index (χ3n) is 4.87. The van der Waals surface area contributed by atoms with Crippen LogP contribution in [0.1, 0.15) is 28.4 Å². The number of ether oxygens (including phenoxy) is 2. The molecule has 0 unspecified atom stereocenters. The molecule has 144 valence electrons. The van der Waals surface area contributed by atoms with Crippen LogP contribution < -0.4 is 15.3 Å². The number of rotatable bonds is 3. The van der Waals surface area contributed by atoms with Crippen LogP contribution in [0.2, 0.25) is 5.02 Å². The maximum Gasteiger partial charge on any atom is 0.337 e. The molecule has 1 aromatic heterocycles. The van der Waals surface area contributed by atoms with Crippen molar-refractivity contribution in [1.29, 1.82) is 0 Å². The molecule has 7 heteroatoms. The summed E-state index contributed by atoms with van der Waals surface area (Å²) in [5.41, 5.74) is 3.05. The minimum atomic E-state index is -0.395. The molecular formula is C21H18ClNO5. The van der Waals surface area contributed by atoms with Crippen LogP contribution in [0, 0.1) is 0 Å². The lowest BCUT2D eigenvalue weighted by Crippen LogP contribution is -2.32. The van der Waals surface area contributed by atoms with E-state index < -0.39 is 11.6 Å². The van der Waals surface area contributed by atoms with E-state index in [2.05, 4.69) is 0 Å². The van der Waals surface area contributed by atoms with Crippen LogP contribution in [0.4, 0.5) is 5.69 Å². The van der Waals surface area contributed by atoms with Gasteiger partial charge in [-0.1, -0.05) is 18.5 Å². The van der Waals surface area contributed by atoms with Gasteiger partial charge in [-0.25, -0.2) is 9.59 Å². The highest BCUT2D eigenvalue weighted by molar-refractivity contribution is 6.33. The van der Waals surface area contributed by atoms with Gasteiger partial charge in [0.2, 0.25) is 0 Å². The van der Waals surface area contributed by atoms with Crippen molar-refractivity contribution in [3.05, 3.63) is 68.5 Å². The first-order chi connectivity index (χ1) is 13.5. The fraction of sp³-hybridized carbons (Fsp3) is 0.238. The van der Waals surface area contributed by atoms with Crippen LogP contribution in [0.3, 0.4) is 0 Å². The maximum atomic E-state index is 12.0. The first-order valence-electron chi connectivity index (χ1n) is 8.86. The zero-order chi connectivity index (χ0) is 19.8. The lowest BCUT2D eigenvalue weighted by atomic mass is 10.0. The number of esters is 1. The summed E-state index contributed by atoms with van der Waals surface area (Å²) in [6.07, 6.45) is 0.691. The number of hydrogen-bond acceptors (Lipinski definition) is 6. The van der Waals surface area contributed by atoms with E-state index in [-0.39, 0.29) is 6.73 Å². The molecule has 3 aromatic rings. The quantitative estimate of drug-likeness (QED) is 0.486. The second-order valence-electron chi connectivity index (χ2n) is 6.50. The summed E-state index contributed by atoms with van der Waals surface area (Å²) in [5.74, 6) is 0.145. The van der Waals surface area contributed by atoms with Crippen LogP contribution >= 0.6 is 11.6 Å². The number of methoxy groups -OCH3 is 1. The Bertz CT molecular complexity index is 1120. The largest absolute Gasteiger partial charge is 0.471 e. The number of fused-ring (bicyclic) bond motifs is 3. The van der Waals surface area contributed by atoms with E-state index >= 15 is 0 Å². The van der Waals surface area contributed by atoms with Crippen molar-refractivity contribution in [1.82, 2.24) is 0 Å². The summed E-state index contributed by atoms with van der Waals surface area (Å²) in [6.45, 7) is 2.72. The van der Waals surface area contributed by atoms with Gasteiger partial charge in [-0.2, -0.15) is 0 Å². The molecular weight excluding hydrogens is 382 g/mol. The topological polar surface area (TPSA) is 69.0 Å². The third kappa shape index (κ3) is 3.10. The third-order valence-corrected chi connectivity index (χ3v) is 5.15. The fourth-order valence-corrected chi connectivity index (χ4v) is 3.71. The van der Waals surface area contributed by atoms with Gasteiger partial charge in [0.1, 0.15) is 11.3 Å².